The predicted molar refractivity (Wildman–Crippen MR) is 133 cm³/mol. The third kappa shape index (κ3) is 5.97. The van der Waals surface area contributed by atoms with Crippen LogP contribution < -0.4 is 14.8 Å². The maximum Gasteiger partial charge on any atom is 0.251 e. The first-order chi connectivity index (χ1) is 17.0. The van der Waals surface area contributed by atoms with Crippen LogP contribution in [0.2, 0.25) is 0 Å². The van der Waals surface area contributed by atoms with Crippen molar-refractivity contribution in [1.29, 1.82) is 5.26 Å². The van der Waals surface area contributed by atoms with Crippen molar-refractivity contribution in [3.05, 3.63) is 89.1 Å². The van der Waals surface area contributed by atoms with Gasteiger partial charge in [0.15, 0.2) is 0 Å². The zero-order valence-electron chi connectivity index (χ0n) is 20.3. The smallest absolute Gasteiger partial charge is 0.251 e. The van der Waals surface area contributed by atoms with Crippen LogP contribution in [0.1, 0.15) is 53.4 Å². The number of carbonyl (C=O) groups excluding carboxylic acids is 1. The summed E-state index contributed by atoms with van der Waals surface area (Å²) in [5, 5.41) is 12.1. The molecular weight excluding hydrogens is 440 g/mol. The SMILES string of the molecule is COc1ccc(C(c2ccc(OC(C)C)nc2)N2CC[C@@H](NC(=O)c3ccc(C#N)cc3)C2)cc1. The minimum atomic E-state index is -0.126. The molecule has 1 amide bonds. The summed E-state index contributed by atoms with van der Waals surface area (Å²) in [5.74, 6) is 1.28. The van der Waals surface area contributed by atoms with E-state index in [1.807, 2.05) is 38.2 Å². The lowest BCUT2D eigenvalue weighted by Crippen LogP contribution is -2.38. The molecule has 1 fully saturated rings. The van der Waals surface area contributed by atoms with Gasteiger partial charge in [0.1, 0.15) is 5.75 Å². The molecule has 2 heterocycles. The first-order valence-corrected chi connectivity index (χ1v) is 11.8. The van der Waals surface area contributed by atoms with Gasteiger partial charge in [-0.2, -0.15) is 5.26 Å². The fourth-order valence-electron chi connectivity index (χ4n) is 4.37. The van der Waals surface area contributed by atoms with Gasteiger partial charge in [-0.15, -0.1) is 0 Å². The Hall–Kier alpha value is -3.89. The number of aromatic nitrogens is 1. The summed E-state index contributed by atoms with van der Waals surface area (Å²) in [5.41, 5.74) is 3.28. The second-order valence-electron chi connectivity index (χ2n) is 8.92. The van der Waals surface area contributed by atoms with E-state index < -0.39 is 0 Å². The molecule has 1 unspecified atom stereocenters. The standard InChI is InChI=1S/C28H30N4O3/c1-19(2)35-26-13-10-23(17-30-26)27(21-8-11-25(34-3)12-9-21)32-15-14-24(18-32)31-28(33)22-6-4-20(16-29)5-7-22/h4-13,17,19,24,27H,14-15,18H2,1-3H3,(H,31,33)/t24-,27?/m1/s1. The molecule has 7 nitrogen and oxygen atoms in total. The first-order valence-electron chi connectivity index (χ1n) is 11.8. The average Bonchev–Trinajstić information content (AvgIpc) is 3.33. The number of benzene rings is 2. The van der Waals surface area contributed by atoms with E-state index >= 15 is 0 Å². The van der Waals surface area contributed by atoms with Gasteiger partial charge in [0.2, 0.25) is 5.88 Å². The number of hydrogen-bond donors (Lipinski definition) is 1. The molecule has 0 radical (unpaired) electrons. The monoisotopic (exact) mass is 470 g/mol. The maximum atomic E-state index is 12.8. The van der Waals surface area contributed by atoms with Gasteiger partial charge in [-0.1, -0.05) is 18.2 Å². The lowest BCUT2D eigenvalue weighted by atomic mass is 9.98. The number of nitriles is 1. The molecule has 3 aromatic rings. The average molecular weight is 471 g/mol. The van der Waals surface area contributed by atoms with E-state index in [4.69, 9.17) is 14.7 Å². The highest BCUT2D eigenvalue weighted by Crippen LogP contribution is 2.33. The lowest BCUT2D eigenvalue weighted by molar-refractivity contribution is 0.0937. The number of nitrogens with zero attached hydrogens (tertiary/aromatic N) is 3. The van der Waals surface area contributed by atoms with E-state index in [0.29, 0.717) is 23.6 Å². The van der Waals surface area contributed by atoms with Crippen molar-refractivity contribution in [3.63, 3.8) is 0 Å². The molecule has 2 aromatic carbocycles. The number of amides is 1. The van der Waals surface area contributed by atoms with Gasteiger partial charge in [-0.05, 0) is 67.8 Å². The van der Waals surface area contributed by atoms with Gasteiger partial charge < -0.3 is 14.8 Å². The Bertz CT molecular complexity index is 1170. The van der Waals surface area contributed by atoms with Gasteiger partial charge >= 0.3 is 0 Å². The summed E-state index contributed by atoms with van der Waals surface area (Å²) in [6, 6.07) is 20.8. The minimum Gasteiger partial charge on any atom is -0.497 e. The van der Waals surface area contributed by atoms with Crippen LogP contribution in [0.5, 0.6) is 11.6 Å². The summed E-state index contributed by atoms with van der Waals surface area (Å²) in [6.07, 6.45) is 2.77. The molecular formula is C28H30N4O3. The van der Waals surface area contributed by atoms with Crippen molar-refractivity contribution in [2.75, 3.05) is 20.2 Å². The second kappa shape index (κ2) is 11.0. The van der Waals surface area contributed by atoms with Gasteiger partial charge in [-0.25, -0.2) is 4.98 Å². The molecule has 0 bridgehead atoms. The summed E-state index contributed by atoms with van der Waals surface area (Å²) in [7, 11) is 1.66. The highest BCUT2D eigenvalue weighted by atomic mass is 16.5. The highest BCUT2D eigenvalue weighted by Gasteiger charge is 2.31. The first kappa shape index (κ1) is 24.2. The molecule has 1 saturated heterocycles. The Kier molecular flexibility index (Phi) is 7.64. The number of methoxy groups -OCH3 is 1. The largest absolute Gasteiger partial charge is 0.497 e. The van der Waals surface area contributed by atoms with Crippen LogP contribution in [0, 0.1) is 11.3 Å². The van der Waals surface area contributed by atoms with E-state index in [9.17, 15) is 4.79 Å². The van der Waals surface area contributed by atoms with Crippen LogP contribution in [0.15, 0.2) is 66.9 Å². The Morgan fingerprint density at radius 2 is 1.80 bits per heavy atom. The molecule has 0 spiro atoms. The zero-order chi connectivity index (χ0) is 24.8. The van der Waals surface area contributed by atoms with E-state index in [1.165, 1.54) is 0 Å². The fraction of sp³-hybridized carbons (Fsp3) is 0.321. The maximum absolute atomic E-state index is 12.8. The van der Waals surface area contributed by atoms with Gasteiger partial charge in [0.05, 0.1) is 30.9 Å². The molecule has 35 heavy (non-hydrogen) atoms. The number of hydrogen-bond acceptors (Lipinski definition) is 6. The number of rotatable bonds is 8. The van der Waals surface area contributed by atoms with E-state index in [1.54, 1.807) is 31.4 Å². The summed E-state index contributed by atoms with van der Waals surface area (Å²) in [4.78, 5) is 19.7. The Morgan fingerprint density at radius 1 is 1.09 bits per heavy atom. The van der Waals surface area contributed by atoms with Gasteiger partial charge in [-0.3, -0.25) is 9.69 Å². The normalized spacial score (nSPS) is 16.5. The van der Waals surface area contributed by atoms with Crippen LogP contribution in [-0.2, 0) is 0 Å². The fourth-order valence-corrected chi connectivity index (χ4v) is 4.37. The third-order valence-electron chi connectivity index (χ3n) is 6.06. The van der Waals surface area contributed by atoms with Crippen LogP contribution in [0.4, 0.5) is 0 Å². The molecule has 1 aliphatic rings. The lowest BCUT2D eigenvalue weighted by Gasteiger charge is -2.29. The van der Waals surface area contributed by atoms with Crippen molar-refractivity contribution < 1.29 is 14.3 Å². The molecule has 2 atom stereocenters. The molecule has 1 aromatic heterocycles. The van der Waals surface area contributed by atoms with Gasteiger partial charge in [0.25, 0.3) is 5.91 Å². The van der Waals surface area contributed by atoms with E-state index in [-0.39, 0.29) is 24.1 Å². The molecule has 0 aliphatic carbocycles. The molecule has 1 aliphatic heterocycles. The number of pyridine rings is 1. The number of ether oxygens (including phenoxy) is 2. The molecule has 4 rings (SSSR count). The number of nitrogens with one attached hydrogen (secondary N) is 1. The van der Waals surface area contributed by atoms with Crippen LogP contribution in [-0.4, -0.2) is 48.1 Å². The van der Waals surface area contributed by atoms with Crippen LogP contribution >= 0.6 is 0 Å². The summed E-state index contributed by atoms with van der Waals surface area (Å²) >= 11 is 0. The molecule has 1 N–H and O–H groups in total. The highest BCUT2D eigenvalue weighted by molar-refractivity contribution is 5.94. The Morgan fingerprint density at radius 3 is 2.40 bits per heavy atom. The van der Waals surface area contributed by atoms with Crippen molar-refractivity contribution in [2.24, 2.45) is 0 Å². The third-order valence-corrected chi connectivity index (χ3v) is 6.06. The van der Waals surface area contributed by atoms with E-state index in [2.05, 4.69) is 39.5 Å². The molecule has 7 heteroatoms. The minimum absolute atomic E-state index is 0.0154. The van der Waals surface area contributed by atoms with Crippen molar-refractivity contribution in [3.8, 4) is 17.7 Å². The van der Waals surface area contributed by atoms with Gasteiger partial charge in [0, 0.05) is 37.0 Å². The van der Waals surface area contributed by atoms with Crippen molar-refractivity contribution >= 4 is 5.91 Å². The number of likely N-dealkylation sites (tertiary alicyclic amines) is 1. The molecule has 180 valence electrons. The molecule has 0 saturated carbocycles. The Labute approximate surface area is 206 Å². The topological polar surface area (TPSA) is 87.5 Å². The Balaban J connectivity index is 1.52. The van der Waals surface area contributed by atoms with Crippen LogP contribution in [0.3, 0.4) is 0 Å². The quantitative estimate of drug-likeness (QED) is 0.527. The summed E-state index contributed by atoms with van der Waals surface area (Å²) in [6.45, 7) is 5.50. The van der Waals surface area contributed by atoms with Crippen LogP contribution in [0.25, 0.3) is 0 Å². The summed E-state index contributed by atoms with van der Waals surface area (Å²) < 4.78 is 11.1. The van der Waals surface area contributed by atoms with E-state index in [0.717, 1.165) is 29.8 Å². The van der Waals surface area contributed by atoms with Crippen molar-refractivity contribution in [1.82, 2.24) is 15.2 Å². The number of carbonyl (C=O) groups is 1. The van der Waals surface area contributed by atoms with Crippen molar-refractivity contribution in [2.45, 2.75) is 38.5 Å². The predicted octanol–water partition coefficient (Wildman–Crippen LogP) is 4.34. The second-order valence-corrected chi connectivity index (χ2v) is 8.92. The zero-order valence-corrected chi connectivity index (χ0v) is 20.3.